The Hall–Kier alpha value is -4.06. The maximum Gasteiger partial charge on any atom is 0.300 e. The number of aryl methyl sites for hydroxylation is 3. The number of carbonyl (C=O) groups excluding carboxylic acids is 2. The molecule has 0 saturated carbocycles. The summed E-state index contributed by atoms with van der Waals surface area (Å²) in [4.78, 5) is 28.5. The lowest BCUT2D eigenvalue weighted by Gasteiger charge is -2.28. The van der Waals surface area contributed by atoms with Crippen molar-refractivity contribution in [1.29, 1.82) is 0 Å². The topological polar surface area (TPSA) is 76.1 Å². The van der Waals surface area contributed by atoms with Crippen LogP contribution in [0.4, 0.5) is 5.69 Å². The van der Waals surface area contributed by atoms with E-state index in [4.69, 9.17) is 9.47 Å². The van der Waals surface area contributed by atoms with Crippen LogP contribution < -0.4 is 14.4 Å². The Bertz CT molecular complexity index is 1390. The summed E-state index contributed by atoms with van der Waals surface area (Å²) in [6, 6.07) is 15.6. The number of rotatable bonds is 6. The number of benzene rings is 3. The number of ether oxygens (including phenoxy) is 2. The van der Waals surface area contributed by atoms with Gasteiger partial charge in [0.25, 0.3) is 11.7 Å². The average Bonchev–Trinajstić information content (AvgIpc) is 3.12. The first-order valence-electron chi connectivity index (χ1n) is 11.9. The number of ketones is 1. The van der Waals surface area contributed by atoms with E-state index in [0.717, 1.165) is 22.3 Å². The molecule has 186 valence electrons. The van der Waals surface area contributed by atoms with Crippen molar-refractivity contribution in [2.45, 2.75) is 40.7 Å². The maximum absolute atomic E-state index is 13.5. The first-order valence-corrected chi connectivity index (χ1v) is 11.9. The molecular weight excluding hydrogens is 454 g/mol. The summed E-state index contributed by atoms with van der Waals surface area (Å²) < 4.78 is 11.2. The monoisotopic (exact) mass is 485 g/mol. The molecule has 1 heterocycles. The van der Waals surface area contributed by atoms with E-state index in [1.54, 1.807) is 31.4 Å². The molecule has 1 fully saturated rings. The molecule has 1 aliphatic heterocycles. The van der Waals surface area contributed by atoms with Gasteiger partial charge in [0.15, 0.2) is 11.5 Å². The smallest absolute Gasteiger partial charge is 0.300 e. The van der Waals surface area contributed by atoms with Crippen LogP contribution in [-0.4, -0.2) is 30.5 Å². The van der Waals surface area contributed by atoms with Crippen LogP contribution in [0, 0.1) is 27.7 Å². The van der Waals surface area contributed by atoms with Gasteiger partial charge in [0.2, 0.25) is 0 Å². The Kier molecular flexibility index (Phi) is 6.88. The van der Waals surface area contributed by atoms with Crippen molar-refractivity contribution < 1.29 is 24.2 Å². The van der Waals surface area contributed by atoms with Gasteiger partial charge in [-0.25, -0.2) is 0 Å². The summed E-state index contributed by atoms with van der Waals surface area (Å²) in [7, 11) is 1.56. The lowest BCUT2D eigenvalue weighted by atomic mass is 9.93. The van der Waals surface area contributed by atoms with Crippen LogP contribution in [0.2, 0.25) is 0 Å². The average molecular weight is 486 g/mol. The van der Waals surface area contributed by atoms with Crippen LogP contribution in [0.1, 0.15) is 46.3 Å². The zero-order chi connectivity index (χ0) is 26.1. The third-order valence-electron chi connectivity index (χ3n) is 6.86. The molecule has 1 amide bonds. The van der Waals surface area contributed by atoms with Crippen LogP contribution in [0.25, 0.3) is 5.76 Å². The molecule has 0 spiro atoms. The minimum atomic E-state index is -0.850. The largest absolute Gasteiger partial charge is 0.507 e. The summed E-state index contributed by atoms with van der Waals surface area (Å²) in [6.07, 6.45) is 0. The van der Waals surface area contributed by atoms with E-state index in [1.807, 2.05) is 65.0 Å². The molecule has 1 unspecified atom stereocenters. The zero-order valence-electron chi connectivity index (χ0n) is 21.5. The molecule has 6 nitrogen and oxygen atoms in total. The molecule has 4 rings (SSSR count). The number of hydrogen-bond acceptors (Lipinski definition) is 5. The number of anilines is 1. The minimum Gasteiger partial charge on any atom is -0.507 e. The molecule has 6 heteroatoms. The van der Waals surface area contributed by atoms with Crippen LogP contribution >= 0.6 is 0 Å². The second kappa shape index (κ2) is 9.90. The van der Waals surface area contributed by atoms with E-state index < -0.39 is 17.7 Å². The first kappa shape index (κ1) is 25.0. The van der Waals surface area contributed by atoms with Gasteiger partial charge in [-0.15, -0.1) is 0 Å². The van der Waals surface area contributed by atoms with Gasteiger partial charge >= 0.3 is 0 Å². The van der Waals surface area contributed by atoms with E-state index in [2.05, 4.69) is 0 Å². The van der Waals surface area contributed by atoms with Crippen LogP contribution in [-0.2, 0) is 9.59 Å². The molecule has 0 aliphatic carbocycles. The number of aliphatic hydroxyl groups is 1. The van der Waals surface area contributed by atoms with Crippen molar-refractivity contribution in [3.63, 3.8) is 0 Å². The summed E-state index contributed by atoms with van der Waals surface area (Å²) in [5.41, 5.74) is 5.69. The van der Waals surface area contributed by atoms with Gasteiger partial charge in [0.05, 0.1) is 25.3 Å². The van der Waals surface area contributed by atoms with Crippen LogP contribution in [0.5, 0.6) is 11.5 Å². The van der Waals surface area contributed by atoms with Gasteiger partial charge in [-0.05, 0) is 86.7 Å². The SMILES string of the molecule is CCOc1cc(C2/C(=C(\O)c3ccc(C)c(C)c3)C(=O)C(=O)N2c2cccc(C)c2C)ccc1OC. The molecule has 0 aromatic heterocycles. The summed E-state index contributed by atoms with van der Waals surface area (Å²) >= 11 is 0. The highest BCUT2D eigenvalue weighted by Gasteiger charge is 2.47. The minimum absolute atomic E-state index is 0.0387. The molecular formula is C30H31NO5. The van der Waals surface area contributed by atoms with E-state index in [-0.39, 0.29) is 11.3 Å². The molecule has 1 N–H and O–H groups in total. The van der Waals surface area contributed by atoms with Gasteiger partial charge in [0.1, 0.15) is 5.76 Å². The fourth-order valence-electron chi connectivity index (χ4n) is 4.57. The fraction of sp³-hybridized carbons (Fsp3) is 0.267. The molecule has 3 aromatic rings. The Morgan fingerprint density at radius 1 is 0.917 bits per heavy atom. The van der Waals surface area contributed by atoms with Gasteiger partial charge in [-0.1, -0.05) is 30.3 Å². The second-order valence-electron chi connectivity index (χ2n) is 9.03. The normalized spacial score (nSPS) is 16.9. The van der Waals surface area contributed by atoms with Crippen molar-refractivity contribution in [2.24, 2.45) is 0 Å². The van der Waals surface area contributed by atoms with E-state index in [9.17, 15) is 14.7 Å². The number of carbonyl (C=O) groups is 2. The number of amides is 1. The van der Waals surface area contributed by atoms with Crippen molar-refractivity contribution in [2.75, 3.05) is 18.6 Å². The highest BCUT2D eigenvalue weighted by molar-refractivity contribution is 6.51. The van der Waals surface area contributed by atoms with E-state index >= 15 is 0 Å². The standard InChI is InChI=1S/C30H31NO5/c1-7-36-25-16-21(13-14-24(25)35-6)27-26(28(32)22-12-11-17(2)19(4)15-22)29(33)30(34)31(27)23-10-8-9-18(3)20(23)5/h8-16,27,32H,7H2,1-6H3/b28-26+. The third-order valence-corrected chi connectivity index (χ3v) is 6.86. The molecule has 1 atom stereocenters. The predicted molar refractivity (Wildman–Crippen MR) is 141 cm³/mol. The van der Waals surface area contributed by atoms with Gasteiger partial charge in [-0.2, -0.15) is 0 Å². The molecule has 36 heavy (non-hydrogen) atoms. The van der Waals surface area contributed by atoms with Crippen molar-refractivity contribution in [3.8, 4) is 11.5 Å². The molecule has 3 aromatic carbocycles. The predicted octanol–water partition coefficient (Wildman–Crippen LogP) is 5.95. The quantitative estimate of drug-likeness (QED) is 0.265. The summed E-state index contributed by atoms with van der Waals surface area (Å²) in [6.45, 7) is 10.1. The summed E-state index contributed by atoms with van der Waals surface area (Å²) in [5, 5.41) is 11.4. The van der Waals surface area contributed by atoms with Crippen LogP contribution in [0.15, 0.2) is 60.2 Å². The fourth-order valence-corrected chi connectivity index (χ4v) is 4.57. The van der Waals surface area contributed by atoms with Crippen molar-refractivity contribution in [3.05, 3.63) is 93.6 Å². The van der Waals surface area contributed by atoms with Gasteiger partial charge in [-0.3, -0.25) is 14.5 Å². The second-order valence-corrected chi connectivity index (χ2v) is 9.03. The maximum atomic E-state index is 13.5. The number of nitrogens with zero attached hydrogens (tertiary/aromatic N) is 1. The van der Waals surface area contributed by atoms with Crippen molar-refractivity contribution in [1.82, 2.24) is 0 Å². The van der Waals surface area contributed by atoms with Gasteiger partial charge < -0.3 is 14.6 Å². The highest BCUT2D eigenvalue weighted by Crippen LogP contribution is 2.45. The van der Waals surface area contributed by atoms with Crippen LogP contribution in [0.3, 0.4) is 0 Å². The van der Waals surface area contributed by atoms with Gasteiger partial charge in [0, 0.05) is 11.3 Å². The number of methoxy groups -OCH3 is 1. The number of Topliss-reactive ketones (excluding diaryl/α,β-unsaturated/α-hetero) is 1. The molecule has 1 saturated heterocycles. The Balaban J connectivity index is 2.01. The number of aliphatic hydroxyl groups excluding tert-OH is 1. The highest BCUT2D eigenvalue weighted by atomic mass is 16.5. The lowest BCUT2D eigenvalue weighted by Crippen LogP contribution is -2.30. The third kappa shape index (κ3) is 4.24. The Morgan fingerprint density at radius 2 is 1.67 bits per heavy atom. The molecule has 0 bridgehead atoms. The Morgan fingerprint density at radius 3 is 2.33 bits per heavy atom. The number of hydrogen-bond donors (Lipinski definition) is 1. The summed E-state index contributed by atoms with van der Waals surface area (Å²) in [5.74, 6) is -0.588. The zero-order valence-corrected chi connectivity index (χ0v) is 21.5. The molecule has 1 aliphatic rings. The lowest BCUT2D eigenvalue weighted by molar-refractivity contribution is -0.132. The van der Waals surface area contributed by atoms with E-state index in [0.29, 0.717) is 34.9 Å². The first-order chi connectivity index (χ1) is 17.2. The van der Waals surface area contributed by atoms with E-state index in [1.165, 1.54) is 4.90 Å². The Labute approximate surface area is 211 Å². The molecule has 0 radical (unpaired) electrons. The van der Waals surface area contributed by atoms with Crippen molar-refractivity contribution >= 4 is 23.1 Å².